The molecule has 1 unspecified atom stereocenters. The van der Waals surface area contributed by atoms with Crippen molar-refractivity contribution in [3.05, 3.63) is 55.2 Å². The predicted molar refractivity (Wildman–Crippen MR) is 92.9 cm³/mol. The molecular weight excluding hydrogens is 321 g/mol. The van der Waals surface area contributed by atoms with Gasteiger partial charge >= 0.3 is 0 Å². The fourth-order valence-corrected chi connectivity index (χ4v) is 4.88. The molecule has 1 aromatic heterocycles. The van der Waals surface area contributed by atoms with Crippen LogP contribution >= 0.6 is 34.5 Å². The highest BCUT2D eigenvalue weighted by Gasteiger charge is 2.20. The molecule has 1 aliphatic rings. The second-order valence-corrected chi connectivity index (χ2v) is 7.53. The molecule has 21 heavy (non-hydrogen) atoms. The summed E-state index contributed by atoms with van der Waals surface area (Å²) in [6.07, 6.45) is 5.95. The van der Waals surface area contributed by atoms with Crippen molar-refractivity contribution in [3.8, 4) is 0 Å². The number of hydrogen-bond acceptors (Lipinski definition) is 2. The number of benzene rings is 1. The Morgan fingerprint density at radius 3 is 2.57 bits per heavy atom. The van der Waals surface area contributed by atoms with Gasteiger partial charge in [0, 0.05) is 25.8 Å². The molecule has 1 aromatic carbocycles. The number of likely N-dealkylation sites (N-methyl/N-ethyl adjacent to an activating group) is 1. The Bertz CT molecular complexity index is 592. The molecule has 1 nitrogen and oxygen atoms in total. The maximum absolute atomic E-state index is 6.31. The van der Waals surface area contributed by atoms with Gasteiger partial charge in [-0.2, -0.15) is 0 Å². The smallest absolute Gasteiger partial charge is 0.0454 e. The van der Waals surface area contributed by atoms with Gasteiger partial charge < -0.3 is 5.32 Å². The van der Waals surface area contributed by atoms with Crippen molar-refractivity contribution in [2.75, 3.05) is 7.05 Å². The molecule has 1 heterocycles. The largest absolute Gasteiger partial charge is 0.312 e. The minimum Gasteiger partial charge on any atom is -0.312 e. The molecule has 4 heteroatoms. The topological polar surface area (TPSA) is 12.0 Å². The van der Waals surface area contributed by atoms with Gasteiger partial charge in [0.2, 0.25) is 0 Å². The molecule has 2 aromatic rings. The molecule has 112 valence electrons. The Morgan fingerprint density at radius 2 is 1.90 bits per heavy atom. The minimum atomic E-state index is 0.276. The molecule has 0 saturated heterocycles. The Labute approximate surface area is 140 Å². The van der Waals surface area contributed by atoms with Crippen molar-refractivity contribution < 1.29 is 0 Å². The van der Waals surface area contributed by atoms with Crippen molar-refractivity contribution in [1.82, 2.24) is 5.32 Å². The number of rotatable bonds is 4. The number of nitrogens with one attached hydrogen (secondary N) is 1. The summed E-state index contributed by atoms with van der Waals surface area (Å²) in [7, 11) is 2.01. The van der Waals surface area contributed by atoms with Crippen LogP contribution in [0.2, 0.25) is 10.0 Å². The van der Waals surface area contributed by atoms with Crippen molar-refractivity contribution in [3.63, 3.8) is 0 Å². The van der Waals surface area contributed by atoms with E-state index in [9.17, 15) is 0 Å². The lowest BCUT2D eigenvalue weighted by molar-refractivity contribution is 0.601. The van der Waals surface area contributed by atoms with Crippen LogP contribution in [-0.2, 0) is 19.3 Å². The summed E-state index contributed by atoms with van der Waals surface area (Å²) in [6, 6.07) is 8.37. The van der Waals surface area contributed by atoms with Gasteiger partial charge in [-0.15, -0.1) is 11.3 Å². The number of halogens is 2. The molecule has 0 bridgehead atoms. The lowest BCUT2D eigenvalue weighted by Gasteiger charge is -2.16. The predicted octanol–water partition coefficient (Wildman–Crippen LogP) is 5.44. The van der Waals surface area contributed by atoms with E-state index in [1.807, 2.05) is 36.6 Å². The average Bonchev–Trinajstić information content (AvgIpc) is 2.90. The van der Waals surface area contributed by atoms with Crippen molar-refractivity contribution in [2.24, 2.45) is 0 Å². The zero-order valence-electron chi connectivity index (χ0n) is 12.1. The van der Waals surface area contributed by atoms with Crippen molar-refractivity contribution in [1.29, 1.82) is 0 Å². The molecule has 1 aliphatic carbocycles. The third-order valence-electron chi connectivity index (χ3n) is 4.18. The first-order chi connectivity index (χ1) is 10.2. The third kappa shape index (κ3) is 3.29. The third-order valence-corrected chi connectivity index (χ3v) is 6.24. The van der Waals surface area contributed by atoms with Crippen LogP contribution in [0.25, 0.3) is 0 Å². The van der Waals surface area contributed by atoms with E-state index in [-0.39, 0.29) is 6.04 Å². The van der Waals surface area contributed by atoms with Crippen LogP contribution in [0.1, 0.15) is 39.8 Å². The molecule has 0 radical (unpaired) electrons. The monoisotopic (exact) mass is 339 g/mol. The second kappa shape index (κ2) is 6.70. The Morgan fingerprint density at radius 1 is 1.19 bits per heavy atom. The Hall–Kier alpha value is -0.540. The van der Waals surface area contributed by atoms with Crippen LogP contribution in [0, 0.1) is 0 Å². The standard InChI is InChI=1S/C17H19Cl2NS/c1-20-15(10-12-13(18)6-4-7-14(12)19)17-9-11-5-2-3-8-16(11)21-17/h4,6-7,9,15,20H,2-3,5,8,10H2,1H3. The van der Waals surface area contributed by atoms with Crippen LogP contribution in [0.3, 0.4) is 0 Å². The van der Waals surface area contributed by atoms with Gasteiger partial charge in [0.25, 0.3) is 0 Å². The number of fused-ring (bicyclic) bond motifs is 1. The highest BCUT2D eigenvalue weighted by Crippen LogP contribution is 2.36. The van der Waals surface area contributed by atoms with Crippen LogP contribution in [0.15, 0.2) is 24.3 Å². The maximum atomic E-state index is 6.31. The molecule has 1 N–H and O–H groups in total. The maximum Gasteiger partial charge on any atom is 0.0454 e. The molecule has 1 atom stereocenters. The first kappa shape index (κ1) is 15.4. The van der Waals surface area contributed by atoms with Gasteiger partial charge in [-0.3, -0.25) is 0 Å². The quantitative estimate of drug-likeness (QED) is 0.782. The van der Waals surface area contributed by atoms with Gasteiger partial charge in [0.05, 0.1) is 0 Å². The summed E-state index contributed by atoms with van der Waals surface area (Å²) >= 11 is 14.6. The van der Waals surface area contributed by atoms with Crippen LogP contribution in [0.4, 0.5) is 0 Å². The summed E-state index contributed by atoms with van der Waals surface area (Å²) in [5, 5.41) is 4.93. The molecule has 0 amide bonds. The summed E-state index contributed by atoms with van der Waals surface area (Å²) in [5.41, 5.74) is 2.58. The lowest BCUT2D eigenvalue weighted by atomic mass is 9.98. The van der Waals surface area contributed by atoms with Crippen LogP contribution < -0.4 is 5.32 Å². The van der Waals surface area contributed by atoms with Gasteiger partial charge in [-0.05, 0) is 68.5 Å². The molecule has 0 spiro atoms. The molecule has 0 aliphatic heterocycles. The highest BCUT2D eigenvalue weighted by molar-refractivity contribution is 7.12. The molecular formula is C17H19Cl2NS. The molecule has 0 saturated carbocycles. The van der Waals surface area contributed by atoms with E-state index in [1.54, 1.807) is 10.4 Å². The minimum absolute atomic E-state index is 0.276. The van der Waals surface area contributed by atoms with E-state index in [0.717, 1.165) is 22.0 Å². The first-order valence-corrected chi connectivity index (χ1v) is 8.98. The van der Waals surface area contributed by atoms with E-state index in [4.69, 9.17) is 23.2 Å². The van der Waals surface area contributed by atoms with Gasteiger partial charge in [0.1, 0.15) is 0 Å². The average molecular weight is 340 g/mol. The van der Waals surface area contributed by atoms with E-state index < -0.39 is 0 Å². The zero-order chi connectivity index (χ0) is 14.8. The first-order valence-electron chi connectivity index (χ1n) is 7.40. The summed E-state index contributed by atoms with van der Waals surface area (Å²) < 4.78 is 0. The summed E-state index contributed by atoms with van der Waals surface area (Å²) in [5.74, 6) is 0. The summed E-state index contributed by atoms with van der Waals surface area (Å²) in [4.78, 5) is 2.97. The Balaban J connectivity index is 1.87. The van der Waals surface area contributed by atoms with E-state index >= 15 is 0 Å². The van der Waals surface area contributed by atoms with E-state index in [0.29, 0.717) is 0 Å². The van der Waals surface area contributed by atoms with Crippen molar-refractivity contribution in [2.45, 2.75) is 38.1 Å². The number of aryl methyl sites for hydroxylation is 2. The normalized spacial score (nSPS) is 15.8. The van der Waals surface area contributed by atoms with E-state index in [1.165, 1.54) is 30.6 Å². The number of hydrogen-bond donors (Lipinski definition) is 1. The molecule has 3 rings (SSSR count). The Kier molecular flexibility index (Phi) is 4.90. The van der Waals surface area contributed by atoms with Gasteiger partial charge in [-0.1, -0.05) is 29.3 Å². The fraction of sp³-hybridized carbons (Fsp3) is 0.412. The SMILES string of the molecule is CNC(Cc1c(Cl)cccc1Cl)c1cc2c(s1)CCCC2. The number of thiophene rings is 1. The van der Waals surface area contributed by atoms with Crippen molar-refractivity contribution >= 4 is 34.5 Å². The van der Waals surface area contributed by atoms with Gasteiger partial charge in [-0.25, -0.2) is 0 Å². The van der Waals surface area contributed by atoms with E-state index in [2.05, 4.69) is 11.4 Å². The highest BCUT2D eigenvalue weighted by atomic mass is 35.5. The molecule has 0 fully saturated rings. The van der Waals surface area contributed by atoms with Crippen LogP contribution in [-0.4, -0.2) is 7.05 Å². The summed E-state index contributed by atoms with van der Waals surface area (Å²) in [6.45, 7) is 0. The zero-order valence-corrected chi connectivity index (χ0v) is 14.4. The second-order valence-electron chi connectivity index (χ2n) is 5.55. The lowest BCUT2D eigenvalue weighted by Crippen LogP contribution is -2.18. The van der Waals surface area contributed by atoms with Crippen LogP contribution in [0.5, 0.6) is 0 Å². The van der Waals surface area contributed by atoms with Gasteiger partial charge in [0.15, 0.2) is 0 Å². The fourth-order valence-electron chi connectivity index (χ4n) is 2.96.